The first kappa shape index (κ1) is 16.8. The van der Waals surface area contributed by atoms with E-state index in [9.17, 15) is 9.90 Å². The third-order valence-electron chi connectivity index (χ3n) is 4.57. The number of carbonyl (C=O) groups is 1. The highest BCUT2D eigenvalue weighted by Crippen LogP contribution is 2.28. The van der Waals surface area contributed by atoms with Crippen molar-refractivity contribution in [2.75, 3.05) is 5.32 Å². The molecule has 4 rings (SSSR count). The van der Waals surface area contributed by atoms with Crippen molar-refractivity contribution in [2.24, 2.45) is 0 Å². The smallest absolute Gasteiger partial charge is 0.276 e. The summed E-state index contributed by atoms with van der Waals surface area (Å²) in [5.74, 6) is -0.0538. The quantitative estimate of drug-likeness (QED) is 0.624. The van der Waals surface area contributed by atoms with Crippen LogP contribution in [0.15, 0.2) is 53.0 Å². The Kier molecular flexibility index (Phi) is 4.51. The molecule has 0 fully saturated rings. The van der Waals surface area contributed by atoms with Crippen LogP contribution in [0.2, 0.25) is 0 Å². The molecule has 0 saturated heterocycles. The summed E-state index contributed by atoms with van der Waals surface area (Å²) in [6, 6.07) is 14.4. The Morgan fingerprint density at radius 1 is 1.12 bits per heavy atom. The van der Waals surface area contributed by atoms with Crippen LogP contribution in [0.25, 0.3) is 5.69 Å². The van der Waals surface area contributed by atoms with Crippen LogP contribution >= 0.6 is 15.9 Å². The van der Waals surface area contributed by atoms with Crippen molar-refractivity contribution < 1.29 is 9.90 Å². The summed E-state index contributed by atoms with van der Waals surface area (Å²) in [6.07, 6.45) is 3.95. The second-order valence-corrected chi connectivity index (χ2v) is 7.29. The maximum absolute atomic E-state index is 12.8. The largest absolute Gasteiger partial charge is 0.508 e. The monoisotopic (exact) mass is 411 g/mol. The van der Waals surface area contributed by atoms with Crippen molar-refractivity contribution in [3.05, 3.63) is 70.0 Å². The van der Waals surface area contributed by atoms with Crippen molar-refractivity contribution >= 4 is 27.5 Å². The van der Waals surface area contributed by atoms with Crippen LogP contribution in [0.1, 0.15) is 34.6 Å². The van der Waals surface area contributed by atoms with Crippen molar-refractivity contribution in [3.63, 3.8) is 0 Å². The molecule has 0 radical (unpaired) electrons. The number of aromatic hydroxyl groups is 1. The van der Waals surface area contributed by atoms with Gasteiger partial charge in [-0.25, -0.2) is 4.68 Å². The number of anilines is 1. The minimum atomic E-state index is -0.220. The molecular formula is C20H18BrN3O2. The average molecular weight is 412 g/mol. The number of phenolic OH excluding ortho intramolecular Hbond substituents is 1. The van der Waals surface area contributed by atoms with Crippen molar-refractivity contribution in [2.45, 2.75) is 25.7 Å². The Bertz CT molecular complexity index is 964. The second-order valence-electron chi connectivity index (χ2n) is 6.37. The summed E-state index contributed by atoms with van der Waals surface area (Å²) in [6.45, 7) is 0. The lowest BCUT2D eigenvalue weighted by atomic mass is 9.95. The van der Waals surface area contributed by atoms with Gasteiger partial charge in [-0.1, -0.05) is 22.0 Å². The molecule has 0 bridgehead atoms. The number of benzene rings is 2. The Labute approximate surface area is 159 Å². The lowest BCUT2D eigenvalue weighted by Crippen LogP contribution is -2.15. The fourth-order valence-electron chi connectivity index (χ4n) is 3.34. The molecule has 2 aromatic carbocycles. The predicted octanol–water partition coefficient (Wildman–Crippen LogP) is 4.47. The van der Waals surface area contributed by atoms with Crippen LogP contribution in [-0.4, -0.2) is 20.8 Å². The van der Waals surface area contributed by atoms with E-state index in [1.807, 2.05) is 28.9 Å². The van der Waals surface area contributed by atoms with Gasteiger partial charge in [0, 0.05) is 21.4 Å². The van der Waals surface area contributed by atoms with Gasteiger partial charge in [-0.15, -0.1) is 0 Å². The molecule has 6 heteroatoms. The first-order chi connectivity index (χ1) is 12.6. The summed E-state index contributed by atoms with van der Waals surface area (Å²) < 4.78 is 2.87. The van der Waals surface area contributed by atoms with Gasteiger partial charge in [0.2, 0.25) is 0 Å². The number of amides is 1. The molecule has 1 aliphatic carbocycles. The summed E-state index contributed by atoms with van der Waals surface area (Å²) in [5.41, 5.74) is 4.21. The minimum Gasteiger partial charge on any atom is -0.508 e. The van der Waals surface area contributed by atoms with Crippen LogP contribution in [-0.2, 0) is 12.8 Å². The lowest BCUT2D eigenvalue weighted by molar-refractivity contribution is 0.102. The Morgan fingerprint density at radius 2 is 1.88 bits per heavy atom. The molecule has 1 amide bonds. The molecule has 0 spiro atoms. The zero-order chi connectivity index (χ0) is 18.1. The molecule has 1 aliphatic rings. The number of hydrogen-bond donors (Lipinski definition) is 2. The van der Waals surface area contributed by atoms with Crippen molar-refractivity contribution in [1.29, 1.82) is 0 Å². The molecule has 1 heterocycles. The molecular weight excluding hydrogens is 394 g/mol. The highest BCUT2D eigenvalue weighted by Gasteiger charge is 2.25. The molecule has 1 aromatic heterocycles. The number of phenols is 1. The molecule has 2 N–H and O–H groups in total. The fraction of sp³-hybridized carbons (Fsp3) is 0.200. The predicted molar refractivity (Wildman–Crippen MR) is 104 cm³/mol. The minimum absolute atomic E-state index is 0.166. The number of nitrogens with one attached hydrogen (secondary N) is 1. The van der Waals surface area contributed by atoms with Gasteiger partial charge in [-0.2, -0.15) is 5.10 Å². The average Bonchev–Trinajstić information content (AvgIpc) is 3.03. The van der Waals surface area contributed by atoms with Crippen LogP contribution in [0.3, 0.4) is 0 Å². The van der Waals surface area contributed by atoms with Crippen LogP contribution < -0.4 is 5.32 Å². The number of aromatic nitrogens is 2. The molecule has 3 aromatic rings. The first-order valence-corrected chi connectivity index (χ1v) is 9.38. The number of rotatable bonds is 3. The standard InChI is InChI=1S/C20H18BrN3O2/c21-13-4-3-5-15(12-13)24-18-7-2-1-6-17(18)19(23-24)20(26)22-14-8-10-16(25)11-9-14/h3-5,8-12,25H,1-2,6-7H2,(H,22,26). The van der Waals surface area contributed by atoms with Gasteiger partial charge in [0.15, 0.2) is 5.69 Å². The normalized spacial score (nSPS) is 13.3. The van der Waals surface area contributed by atoms with Crippen LogP contribution in [0, 0.1) is 0 Å². The van der Waals surface area contributed by atoms with E-state index in [0.717, 1.165) is 47.1 Å². The van der Waals surface area contributed by atoms with Crippen molar-refractivity contribution in [1.82, 2.24) is 9.78 Å². The highest BCUT2D eigenvalue weighted by atomic mass is 79.9. The van der Waals surface area contributed by atoms with E-state index in [-0.39, 0.29) is 11.7 Å². The topological polar surface area (TPSA) is 67.2 Å². The summed E-state index contributed by atoms with van der Waals surface area (Å²) in [5, 5.41) is 16.9. The zero-order valence-corrected chi connectivity index (χ0v) is 15.7. The van der Waals surface area contributed by atoms with E-state index in [2.05, 4.69) is 26.3 Å². The lowest BCUT2D eigenvalue weighted by Gasteiger charge is -2.14. The van der Waals surface area contributed by atoms with E-state index in [1.165, 1.54) is 0 Å². The van der Waals surface area contributed by atoms with Gasteiger partial charge in [0.1, 0.15) is 5.75 Å². The van der Waals surface area contributed by atoms with Gasteiger partial charge in [0.05, 0.1) is 5.69 Å². The molecule has 0 aliphatic heterocycles. The third kappa shape index (κ3) is 3.24. The zero-order valence-electron chi connectivity index (χ0n) is 14.1. The van der Waals surface area contributed by atoms with Crippen LogP contribution in [0.5, 0.6) is 5.75 Å². The molecule has 5 nitrogen and oxygen atoms in total. The first-order valence-electron chi connectivity index (χ1n) is 8.59. The van der Waals surface area contributed by atoms with Gasteiger partial charge in [-0.05, 0) is 68.1 Å². The Balaban J connectivity index is 1.72. The highest BCUT2D eigenvalue weighted by molar-refractivity contribution is 9.10. The van der Waals surface area contributed by atoms with Crippen LogP contribution in [0.4, 0.5) is 5.69 Å². The SMILES string of the molecule is O=C(Nc1ccc(O)cc1)c1nn(-c2cccc(Br)c2)c2c1CCCC2. The van der Waals surface area contributed by atoms with E-state index in [1.54, 1.807) is 24.3 Å². The summed E-state index contributed by atoms with van der Waals surface area (Å²) in [4.78, 5) is 12.8. The molecule has 0 atom stereocenters. The summed E-state index contributed by atoms with van der Waals surface area (Å²) in [7, 11) is 0. The van der Waals surface area contributed by atoms with E-state index >= 15 is 0 Å². The van der Waals surface area contributed by atoms with E-state index in [0.29, 0.717) is 11.4 Å². The van der Waals surface area contributed by atoms with E-state index in [4.69, 9.17) is 0 Å². The van der Waals surface area contributed by atoms with Gasteiger partial charge < -0.3 is 10.4 Å². The van der Waals surface area contributed by atoms with Crippen molar-refractivity contribution in [3.8, 4) is 11.4 Å². The van der Waals surface area contributed by atoms with E-state index < -0.39 is 0 Å². The molecule has 26 heavy (non-hydrogen) atoms. The van der Waals surface area contributed by atoms with Gasteiger partial charge >= 0.3 is 0 Å². The number of carbonyl (C=O) groups excluding carboxylic acids is 1. The molecule has 0 saturated carbocycles. The number of nitrogens with zero attached hydrogens (tertiary/aromatic N) is 2. The Hall–Kier alpha value is -2.60. The second kappa shape index (κ2) is 6.96. The number of hydrogen-bond acceptors (Lipinski definition) is 3. The third-order valence-corrected chi connectivity index (χ3v) is 5.07. The maximum Gasteiger partial charge on any atom is 0.276 e. The maximum atomic E-state index is 12.8. The van der Waals surface area contributed by atoms with Gasteiger partial charge in [0.25, 0.3) is 5.91 Å². The number of fused-ring (bicyclic) bond motifs is 1. The molecule has 132 valence electrons. The number of halogens is 1. The van der Waals surface area contributed by atoms with Gasteiger partial charge in [-0.3, -0.25) is 4.79 Å². The Morgan fingerprint density at radius 3 is 2.65 bits per heavy atom. The fourth-order valence-corrected chi connectivity index (χ4v) is 3.73. The summed E-state index contributed by atoms with van der Waals surface area (Å²) >= 11 is 3.50. The molecule has 0 unspecified atom stereocenters.